The highest BCUT2D eigenvalue weighted by atomic mass is 16.5. The number of carbonyl (C=O) groups is 1. The first-order chi connectivity index (χ1) is 7.49. The van der Waals surface area contributed by atoms with Crippen LogP contribution in [-0.2, 0) is 4.74 Å². The second-order valence-corrected chi connectivity index (χ2v) is 4.91. The van der Waals surface area contributed by atoms with Crippen LogP contribution in [0.25, 0.3) is 0 Å². The molecule has 0 aromatic heterocycles. The molecule has 1 rings (SSSR count). The molecule has 0 saturated carbocycles. The van der Waals surface area contributed by atoms with E-state index in [-0.39, 0.29) is 6.04 Å². The van der Waals surface area contributed by atoms with Crippen molar-refractivity contribution in [3.05, 3.63) is 0 Å². The quantitative estimate of drug-likeness (QED) is 0.737. The minimum absolute atomic E-state index is 0.0318. The van der Waals surface area contributed by atoms with E-state index in [1.165, 1.54) is 24.2 Å². The van der Waals surface area contributed by atoms with Crippen LogP contribution in [0.3, 0.4) is 0 Å². The van der Waals surface area contributed by atoms with Crippen LogP contribution in [0.15, 0.2) is 0 Å². The van der Waals surface area contributed by atoms with Crippen LogP contribution in [0.1, 0.15) is 52.9 Å². The summed E-state index contributed by atoms with van der Waals surface area (Å²) >= 11 is 0. The maximum absolute atomic E-state index is 11.2. The third-order valence-electron chi connectivity index (χ3n) is 3.17. The first-order valence-electron chi connectivity index (χ1n) is 6.15. The molecule has 1 saturated heterocycles. The average Bonchev–Trinajstić information content (AvgIpc) is 2.48. The van der Waals surface area contributed by atoms with E-state index >= 15 is 0 Å². The summed E-state index contributed by atoms with van der Waals surface area (Å²) in [6.07, 6.45) is 4.74. The number of nitrogens with zero attached hydrogens (tertiary/aromatic N) is 1. The minimum atomic E-state index is -0.872. The predicted octanol–water partition coefficient (Wildman–Crippen LogP) is 3.07. The van der Waals surface area contributed by atoms with Gasteiger partial charge in [-0.05, 0) is 20.3 Å². The number of rotatable bonds is 5. The molecule has 1 aliphatic heterocycles. The van der Waals surface area contributed by atoms with Crippen molar-refractivity contribution in [3.8, 4) is 0 Å². The standard InChI is InChI=1S/C12H23NO3/c1-4-5-6-7-8-10-9-16-12(2,3)13(10)11(14)15/h10H,4-9H2,1-3H3,(H,14,15)/t10-/m0/s1. The zero-order valence-electron chi connectivity index (χ0n) is 10.5. The molecule has 94 valence electrons. The zero-order valence-corrected chi connectivity index (χ0v) is 10.5. The molecule has 0 aromatic rings. The van der Waals surface area contributed by atoms with Gasteiger partial charge in [-0.1, -0.05) is 32.6 Å². The first kappa shape index (κ1) is 13.3. The highest BCUT2D eigenvalue weighted by Crippen LogP contribution is 2.29. The SMILES string of the molecule is CCCCCC[C@H]1COC(C)(C)N1C(=O)O. The van der Waals surface area contributed by atoms with Crippen LogP contribution in [0.4, 0.5) is 4.79 Å². The molecule has 0 spiro atoms. The van der Waals surface area contributed by atoms with E-state index in [0.717, 1.165) is 12.8 Å². The second-order valence-electron chi connectivity index (χ2n) is 4.91. The van der Waals surface area contributed by atoms with Crippen molar-refractivity contribution in [2.75, 3.05) is 6.61 Å². The molecule has 0 aliphatic carbocycles. The van der Waals surface area contributed by atoms with Crippen molar-refractivity contribution in [2.45, 2.75) is 64.6 Å². The Bertz CT molecular complexity index is 240. The van der Waals surface area contributed by atoms with Gasteiger partial charge < -0.3 is 9.84 Å². The van der Waals surface area contributed by atoms with Gasteiger partial charge >= 0.3 is 6.09 Å². The summed E-state index contributed by atoms with van der Waals surface area (Å²) in [5.74, 6) is 0. The summed E-state index contributed by atoms with van der Waals surface area (Å²) in [5.41, 5.74) is -0.665. The molecule has 0 bridgehead atoms. The lowest BCUT2D eigenvalue weighted by Crippen LogP contribution is -2.47. The number of carboxylic acid groups (broad SMARTS) is 1. The summed E-state index contributed by atoms with van der Waals surface area (Å²) in [4.78, 5) is 12.6. The van der Waals surface area contributed by atoms with Crippen molar-refractivity contribution in [1.82, 2.24) is 4.90 Å². The van der Waals surface area contributed by atoms with Crippen LogP contribution in [0, 0.1) is 0 Å². The summed E-state index contributed by atoms with van der Waals surface area (Å²) in [7, 11) is 0. The highest BCUT2D eigenvalue weighted by molar-refractivity contribution is 5.66. The van der Waals surface area contributed by atoms with Crippen LogP contribution >= 0.6 is 0 Å². The van der Waals surface area contributed by atoms with Gasteiger partial charge in [-0.3, -0.25) is 4.90 Å². The van der Waals surface area contributed by atoms with Crippen molar-refractivity contribution in [2.24, 2.45) is 0 Å². The van der Waals surface area contributed by atoms with Crippen LogP contribution < -0.4 is 0 Å². The van der Waals surface area contributed by atoms with Gasteiger partial charge in [-0.15, -0.1) is 0 Å². The normalized spacial score (nSPS) is 23.7. The number of hydrogen-bond acceptors (Lipinski definition) is 2. The van der Waals surface area contributed by atoms with E-state index in [1.807, 2.05) is 13.8 Å². The molecule has 1 atom stereocenters. The van der Waals surface area contributed by atoms with Gasteiger partial charge in [0.1, 0.15) is 5.72 Å². The molecule has 4 heteroatoms. The molecule has 1 amide bonds. The van der Waals surface area contributed by atoms with E-state index in [9.17, 15) is 4.79 Å². The Morgan fingerprint density at radius 1 is 1.44 bits per heavy atom. The first-order valence-corrected chi connectivity index (χ1v) is 6.15. The van der Waals surface area contributed by atoms with E-state index < -0.39 is 11.8 Å². The van der Waals surface area contributed by atoms with Gasteiger partial charge in [0.15, 0.2) is 0 Å². The van der Waals surface area contributed by atoms with Crippen molar-refractivity contribution < 1.29 is 14.6 Å². The third-order valence-corrected chi connectivity index (χ3v) is 3.17. The van der Waals surface area contributed by atoms with E-state index in [0.29, 0.717) is 6.61 Å². The summed E-state index contributed by atoms with van der Waals surface area (Å²) in [6, 6.07) is 0.0318. The number of ether oxygens (including phenoxy) is 1. The van der Waals surface area contributed by atoms with Crippen molar-refractivity contribution >= 4 is 6.09 Å². The van der Waals surface area contributed by atoms with Gasteiger partial charge in [0.25, 0.3) is 0 Å². The van der Waals surface area contributed by atoms with Crippen LogP contribution in [-0.4, -0.2) is 34.5 Å². The minimum Gasteiger partial charge on any atom is -0.465 e. The molecule has 1 aliphatic rings. The van der Waals surface area contributed by atoms with Gasteiger partial charge in [0.05, 0.1) is 12.6 Å². The maximum atomic E-state index is 11.2. The van der Waals surface area contributed by atoms with Gasteiger partial charge in [0, 0.05) is 0 Å². The Labute approximate surface area is 97.6 Å². The highest BCUT2D eigenvalue weighted by Gasteiger charge is 2.43. The molecule has 1 heterocycles. The topological polar surface area (TPSA) is 49.8 Å². The van der Waals surface area contributed by atoms with Crippen LogP contribution in [0.5, 0.6) is 0 Å². The summed E-state index contributed by atoms with van der Waals surface area (Å²) in [6.45, 7) is 6.33. The van der Waals surface area contributed by atoms with E-state index in [4.69, 9.17) is 9.84 Å². The number of unbranched alkanes of at least 4 members (excludes halogenated alkanes) is 3. The molecule has 1 fully saturated rings. The Morgan fingerprint density at radius 3 is 2.69 bits per heavy atom. The molecule has 0 radical (unpaired) electrons. The monoisotopic (exact) mass is 229 g/mol. The van der Waals surface area contributed by atoms with E-state index in [1.54, 1.807) is 0 Å². The lowest BCUT2D eigenvalue weighted by atomic mass is 10.1. The molecule has 0 unspecified atom stereocenters. The largest absolute Gasteiger partial charge is 0.465 e. The lowest BCUT2D eigenvalue weighted by molar-refractivity contribution is -0.0421. The van der Waals surface area contributed by atoms with Gasteiger partial charge in [-0.25, -0.2) is 4.79 Å². The number of hydrogen-bond donors (Lipinski definition) is 1. The maximum Gasteiger partial charge on any atom is 0.409 e. The lowest BCUT2D eigenvalue weighted by Gasteiger charge is -2.30. The Balaban J connectivity index is 2.44. The Kier molecular flexibility index (Phi) is 4.59. The second kappa shape index (κ2) is 5.53. The predicted molar refractivity (Wildman–Crippen MR) is 62.4 cm³/mol. The Morgan fingerprint density at radius 2 is 2.12 bits per heavy atom. The molecular formula is C12H23NO3. The average molecular weight is 229 g/mol. The molecular weight excluding hydrogens is 206 g/mol. The summed E-state index contributed by atoms with van der Waals surface area (Å²) in [5, 5.41) is 9.17. The fraction of sp³-hybridized carbons (Fsp3) is 0.917. The molecule has 1 N–H and O–H groups in total. The number of amides is 1. The molecule has 0 aromatic carbocycles. The van der Waals surface area contributed by atoms with Gasteiger partial charge in [-0.2, -0.15) is 0 Å². The third kappa shape index (κ3) is 3.11. The van der Waals surface area contributed by atoms with Gasteiger partial charge in [0.2, 0.25) is 0 Å². The van der Waals surface area contributed by atoms with Crippen LogP contribution in [0.2, 0.25) is 0 Å². The molecule has 16 heavy (non-hydrogen) atoms. The van der Waals surface area contributed by atoms with Crippen molar-refractivity contribution in [1.29, 1.82) is 0 Å². The van der Waals surface area contributed by atoms with E-state index in [2.05, 4.69) is 6.92 Å². The zero-order chi connectivity index (χ0) is 12.2. The van der Waals surface area contributed by atoms with Crippen molar-refractivity contribution in [3.63, 3.8) is 0 Å². The summed E-state index contributed by atoms with van der Waals surface area (Å²) < 4.78 is 5.53. The molecule has 4 nitrogen and oxygen atoms in total. The Hall–Kier alpha value is -0.770. The fourth-order valence-corrected chi connectivity index (χ4v) is 2.29. The smallest absolute Gasteiger partial charge is 0.409 e. The fourth-order valence-electron chi connectivity index (χ4n) is 2.29.